The smallest absolute Gasteiger partial charge is 0.232 e. The van der Waals surface area contributed by atoms with Gasteiger partial charge in [0.15, 0.2) is 5.82 Å². The first kappa shape index (κ1) is 14.5. The maximum Gasteiger partial charge on any atom is 0.232 e. The lowest BCUT2D eigenvalue weighted by Gasteiger charge is -2.34. The predicted molar refractivity (Wildman–Crippen MR) is 89.1 cm³/mol. The molecule has 118 valence electrons. The largest absolute Gasteiger partial charge is 0.339 e. The molecule has 2 aromatic heterocycles. The summed E-state index contributed by atoms with van der Waals surface area (Å²) in [6.07, 6.45) is 3.54. The lowest BCUT2D eigenvalue weighted by atomic mass is 9.77. The van der Waals surface area contributed by atoms with Crippen LogP contribution in [0.15, 0.2) is 34.2 Å². The summed E-state index contributed by atoms with van der Waals surface area (Å²) in [5, 5.41) is 7.10. The second kappa shape index (κ2) is 5.54. The molecule has 0 aliphatic heterocycles. The summed E-state index contributed by atoms with van der Waals surface area (Å²) in [6.45, 7) is 2.08. The van der Waals surface area contributed by atoms with Crippen LogP contribution in [0, 0.1) is 6.92 Å². The van der Waals surface area contributed by atoms with Crippen LogP contribution in [0.3, 0.4) is 0 Å². The molecule has 1 aromatic carbocycles. The molecule has 2 heterocycles. The Hall–Kier alpha value is -2.05. The SMILES string of the molecule is Cc1cccc(-c2nc(Cc3nc(C4(N)CCC4)no3)cs2)c1. The van der Waals surface area contributed by atoms with Crippen molar-refractivity contribution in [1.82, 2.24) is 15.1 Å². The van der Waals surface area contributed by atoms with Gasteiger partial charge in [-0.1, -0.05) is 28.9 Å². The number of benzene rings is 1. The Bertz CT molecular complexity index is 834. The summed E-state index contributed by atoms with van der Waals surface area (Å²) < 4.78 is 5.35. The zero-order valence-electron chi connectivity index (χ0n) is 13.0. The van der Waals surface area contributed by atoms with Crippen molar-refractivity contribution in [2.24, 2.45) is 5.73 Å². The summed E-state index contributed by atoms with van der Waals surface area (Å²) in [7, 11) is 0. The van der Waals surface area contributed by atoms with Gasteiger partial charge in [-0.2, -0.15) is 4.98 Å². The Morgan fingerprint density at radius 1 is 1.30 bits per heavy atom. The molecule has 0 bridgehead atoms. The van der Waals surface area contributed by atoms with Crippen LogP contribution in [0.2, 0.25) is 0 Å². The lowest BCUT2D eigenvalue weighted by molar-refractivity contribution is 0.229. The van der Waals surface area contributed by atoms with Gasteiger partial charge in [0.25, 0.3) is 0 Å². The van der Waals surface area contributed by atoms with Crippen molar-refractivity contribution in [3.05, 3.63) is 52.6 Å². The molecule has 1 saturated carbocycles. The number of hydrogen-bond donors (Lipinski definition) is 1. The van der Waals surface area contributed by atoms with E-state index in [4.69, 9.17) is 10.3 Å². The summed E-state index contributed by atoms with van der Waals surface area (Å²) in [5.74, 6) is 1.21. The van der Waals surface area contributed by atoms with Gasteiger partial charge < -0.3 is 10.3 Å². The average Bonchev–Trinajstić information content (AvgIpc) is 3.15. The van der Waals surface area contributed by atoms with Crippen LogP contribution in [-0.4, -0.2) is 15.1 Å². The van der Waals surface area contributed by atoms with Crippen LogP contribution in [0.25, 0.3) is 10.6 Å². The van der Waals surface area contributed by atoms with Gasteiger partial charge in [-0.3, -0.25) is 0 Å². The van der Waals surface area contributed by atoms with Gasteiger partial charge in [0.05, 0.1) is 17.7 Å². The fraction of sp³-hybridized carbons (Fsp3) is 0.353. The van der Waals surface area contributed by atoms with Gasteiger partial charge in [0, 0.05) is 10.9 Å². The number of aromatic nitrogens is 3. The minimum Gasteiger partial charge on any atom is -0.339 e. The minimum atomic E-state index is -0.378. The monoisotopic (exact) mass is 326 g/mol. The Morgan fingerprint density at radius 2 is 2.17 bits per heavy atom. The van der Waals surface area contributed by atoms with Crippen molar-refractivity contribution >= 4 is 11.3 Å². The normalized spacial score (nSPS) is 16.3. The third-order valence-electron chi connectivity index (χ3n) is 4.31. The molecule has 3 aromatic rings. The molecular weight excluding hydrogens is 308 g/mol. The molecular formula is C17H18N4OS. The van der Waals surface area contributed by atoms with E-state index in [1.807, 2.05) is 5.38 Å². The standard InChI is InChI=1S/C17H18N4OS/c1-11-4-2-5-12(8-11)15-19-13(10-23-15)9-14-20-16(21-22-14)17(18)6-3-7-17/h2,4-5,8,10H,3,6-7,9,18H2,1H3. The fourth-order valence-electron chi connectivity index (χ4n) is 2.76. The first-order valence-electron chi connectivity index (χ1n) is 7.76. The average molecular weight is 326 g/mol. The number of thiazole rings is 1. The molecule has 0 spiro atoms. The van der Waals surface area contributed by atoms with Gasteiger partial charge >= 0.3 is 0 Å². The highest BCUT2D eigenvalue weighted by molar-refractivity contribution is 7.13. The first-order valence-corrected chi connectivity index (χ1v) is 8.64. The quantitative estimate of drug-likeness (QED) is 0.794. The van der Waals surface area contributed by atoms with Gasteiger partial charge in [-0.25, -0.2) is 4.98 Å². The molecule has 4 rings (SSSR count). The number of nitrogens with two attached hydrogens (primary N) is 1. The van der Waals surface area contributed by atoms with E-state index in [0.29, 0.717) is 18.1 Å². The van der Waals surface area contributed by atoms with Gasteiger partial charge in [0.1, 0.15) is 5.01 Å². The van der Waals surface area contributed by atoms with Crippen LogP contribution in [0.4, 0.5) is 0 Å². The summed E-state index contributed by atoms with van der Waals surface area (Å²) in [4.78, 5) is 9.14. The molecule has 23 heavy (non-hydrogen) atoms. The minimum absolute atomic E-state index is 0.378. The van der Waals surface area contributed by atoms with Gasteiger partial charge in [-0.05, 0) is 32.3 Å². The highest BCUT2D eigenvalue weighted by atomic mass is 32.1. The second-order valence-electron chi connectivity index (χ2n) is 6.21. The molecule has 1 aliphatic rings. The highest BCUT2D eigenvalue weighted by Gasteiger charge is 2.38. The Labute approximate surface area is 138 Å². The van der Waals surface area contributed by atoms with Crippen LogP contribution in [0.1, 0.15) is 42.2 Å². The van der Waals surface area contributed by atoms with Crippen LogP contribution < -0.4 is 5.73 Å². The molecule has 0 atom stereocenters. The predicted octanol–water partition coefficient (Wildman–Crippen LogP) is 3.43. The number of aryl methyl sites for hydroxylation is 1. The van der Waals surface area contributed by atoms with E-state index in [-0.39, 0.29) is 5.54 Å². The molecule has 0 unspecified atom stereocenters. The molecule has 0 amide bonds. The molecule has 5 nitrogen and oxygen atoms in total. The van der Waals surface area contributed by atoms with Crippen molar-refractivity contribution in [3.8, 4) is 10.6 Å². The van der Waals surface area contributed by atoms with Crippen LogP contribution in [-0.2, 0) is 12.0 Å². The van der Waals surface area contributed by atoms with Crippen molar-refractivity contribution in [2.45, 2.75) is 38.1 Å². The van der Waals surface area contributed by atoms with E-state index in [1.54, 1.807) is 11.3 Å². The Kier molecular flexibility index (Phi) is 3.50. The topological polar surface area (TPSA) is 77.8 Å². The third kappa shape index (κ3) is 2.80. The van der Waals surface area contributed by atoms with E-state index in [2.05, 4.69) is 46.3 Å². The first-order chi connectivity index (χ1) is 11.1. The summed E-state index contributed by atoms with van der Waals surface area (Å²) in [6, 6.07) is 8.35. The van der Waals surface area contributed by atoms with Crippen LogP contribution in [0.5, 0.6) is 0 Å². The number of nitrogens with zero attached hydrogens (tertiary/aromatic N) is 3. The summed E-state index contributed by atoms with van der Waals surface area (Å²) in [5.41, 5.74) is 9.17. The van der Waals surface area contributed by atoms with E-state index in [9.17, 15) is 0 Å². The Balaban J connectivity index is 1.52. The van der Waals surface area contributed by atoms with Crippen LogP contribution >= 0.6 is 11.3 Å². The van der Waals surface area contributed by atoms with E-state index in [0.717, 1.165) is 35.5 Å². The zero-order valence-corrected chi connectivity index (χ0v) is 13.8. The molecule has 1 aliphatic carbocycles. The van der Waals surface area contributed by atoms with E-state index in [1.165, 1.54) is 5.56 Å². The number of rotatable bonds is 4. The maximum absolute atomic E-state index is 6.23. The molecule has 6 heteroatoms. The summed E-state index contributed by atoms with van der Waals surface area (Å²) >= 11 is 1.63. The molecule has 0 saturated heterocycles. The van der Waals surface area contributed by atoms with Crippen molar-refractivity contribution < 1.29 is 4.52 Å². The molecule has 0 radical (unpaired) electrons. The van der Waals surface area contributed by atoms with E-state index >= 15 is 0 Å². The number of hydrogen-bond acceptors (Lipinski definition) is 6. The third-order valence-corrected chi connectivity index (χ3v) is 5.25. The van der Waals surface area contributed by atoms with Crippen molar-refractivity contribution in [3.63, 3.8) is 0 Å². The zero-order chi connectivity index (χ0) is 15.9. The molecule has 1 fully saturated rings. The van der Waals surface area contributed by atoms with E-state index < -0.39 is 0 Å². The fourth-order valence-corrected chi connectivity index (χ4v) is 3.58. The second-order valence-corrected chi connectivity index (χ2v) is 7.07. The van der Waals surface area contributed by atoms with Crippen molar-refractivity contribution in [1.29, 1.82) is 0 Å². The van der Waals surface area contributed by atoms with Crippen molar-refractivity contribution in [2.75, 3.05) is 0 Å². The van der Waals surface area contributed by atoms with Gasteiger partial charge in [0.2, 0.25) is 5.89 Å². The lowest BCUT2D eigenvalue weighted by Crippen LogP contribution is -2.44. The maximum atomic E-state index is 6.23. The highest BCUT2D eigenvalue weighted by Crippen LogP contribution is 2.37. The molecule has 2 N–H and O–H groups in total. The Morgan fingerprint density at radius 3 is 2.91 bits per heavy atom. The van der Waals surface area contributed by atoms with Gasteiger partial charge in [-0.15, -0.1) is 11.3 Å².